The van der Waals surface area contributed by atoms with Gasteiger partial charge in [-0.2, -0.15) is 0 Å². The summed E-state index contributed by atoms with van der Waals surface area (Å²) in [5.41, 5.74) is 0. The molecule has 0 saturated carbocycles. The number of thioether (sulfide) groups is 1. The molecule has 162 valence electrons. The maximum atomic E-state index is 12.6. The molecule has 30 heavy (non-hydrogen) atoms. The quantitative estimate of drug-likeness (QED) is 0.332. The summed E-state index contributed by atoms with van der Waals surface area (Å²) >= 11 is 1.11. The molecule has 2 fully saturated rings. The van der Waals surface area contributed by atoms with Crippen molar-refractivity contribution in [3.63, 3.8) is 0 Å². The highest BCUT2D eigenvalue weighted by Crippen LogP contribution is 2.53. The van der Waals surface area contributed by atoms with Crippen LogP contribution in [-0.4, -0.2) is 76.0 Å². The molecular formula is C19H22N2O8S. The van der Waals surface area contributed by atoms with Gasteiger partial charge in [-0.05, 0) is 19.1 Å². The number of esters is 1. The molecule has 1 aromatic carbocycles. The van der Waals surface area contributed by atoms with Crippen molar-refractivity contribution in [3.05, 3.63) is 30.3 Å². The lowest BCUT2D eigenvalue weighted by atomic mass is 9.94. The molecule has 0 aromatic heterocycles. The third-order valence-corrected chi connectivity index (χ3v) is 6.56. The summed E-state index contributed by atoms with van der Waals surface area (Å²) in [5, 5.41) is 11.7. The zero-order valence-electron chi connectivity index (χ0n) is 16.6. The fourth-order valence-electron chi connectivity index (χ4n) is 3.60. The van der Waals surface area contributed by atoms with Gasteiger partial charge in [0.1, 0.15) is 21.9 Å². The number of carbonyl (C=O) groups excluding carboxylic acids is 3. The highest BCUT2D eigenvalue weighted by molar-refractivity contribution is 8.01. The first-order valence-corrected chi connectivity index (χ1v) is 9.97. The summed E-state index contributed by atoms with van der Waals surface area (Å²) in [6, 6.07) is 6.51. The number of carboxylic acids is 1. The van der Waals surface area contributed by atoms with Gasteiger partial charge in [-0.1, -0.05) is 18.2 Å². The average Bonchev–Trinajstić information content (AvgIpc) is 3.00. The summed E-state index contributed by atoms with van der Waals surface area (Å²) in [7, 11) is 1.29. The lowest BCUT2D eigenvalue weighted by Gasteiger charge is -2.43. The molecule has 2 heterocycles. The minimum Gasteiger partial charge on any atom is -0.484 e. The van der Waals surface area contributed by atoms with Crippen LogP contribution in [-0.2, 0) is 28.7 Å². The van der Waals surface area contributed by atoms with E-state index < -0.39 is 52.2 Å². The van der Waals surface area contributed by atoms with Crippen molar-refractivity contribution in [1.82, 2.24) is 10.2 Å². The molecule has 2 amide bonds. The molecule has 3 rings (SSSR count). The van der Waals surface area contributed by atoms with Crippen LogP contribution in [0.2, 0.25) is 0 Å². The van der Waals surface area contributed by atoms with E-state index in [1.807, 2.05) is 6.07 Å². The number of hydrogen-bond donors (Lipinski definition) is 2. The van der Waals surface area contributed by atoms with E-state index in [1.165, 1.54) is 18.9 Å². The van der Waals surface area contributed by atoms with Gasteiger partial charge in [0.05, 0.1) is 0 Å². The van der Waals surface area contributed by atoms with Gasteiger partial charge in [0, 0.05) is 14.0 Å². The SMILES string of the molecule is CO[C@@H](OC(C)=O)[C@]1(C)S[C@@H]2[C@H](NC(=O)COc3ccccc3)C(=O)N2[C@H]1C(=O)O. The van der Waals surface area contributed by atoms with Crippen LogP contribution in [0.4, 0.5) is 0 Å². The summed E-state index contributed by atoms with van der Waals surface area (Å²) in [5.74, 6) is -2.44. The van der Waals surface area contributed by atoms with Crippen LogP contribution in [0.3, 0.4) is 0 Å². The second-order valence-corrected chi connectivity index (χ2v) is 8.60. The molecule has 11 heteroatoms. The minimum atomic E-state index is -1.29. The predicted octanol–water partition coefficient (Wildman–Crippen LogP) is 0.213. The number of methoxy groups -OCH3 is 1. The number of fused-ring (bicyclic) bond motifs is 1. The number of hydrogen-bond acceptors (Lipinski definition) is 8. The summed E-state index contributed by atoms with van der Waals surface area (Å²) in [6.07, 6.45) is -1.20. The average molecular weight is 438 g/mol. The first-order valence-electron chi connectivity index (χ1n) is 9.09. The van der Waals surface area contributed by atoms with Crippen LogP contribution >= 0.6 is 11.8 Å². The number of carboxylic acid groups (broad SMARTS) is 1. The maximum absolute atomic E-state index is 12.6. The Morgan fingerprint density at radius 2 is 1.97 bits per heavy atom. The van der Waals surface area contributed by atoms with Crippen LogP contribution in [0.25, 0.3) is 0 Å². The molecule has 0 aliphatic carbocycles. The van der Waals surface area contributed by atoms with Gasteiger partial charge in [0.15, 0.2) is 12.6 Å². The molecule has 0 spiro atoms. The summed E-state index contributed by atoms with van der Waals surface area (Å²) < 4.78 is 14.5. The van der Waals surface area contributed by atoms with Crippen LogP contribution in [0, 0.1) is 0 Å². The Kier molecular flexibility index (Phi) is 6.22. The first kappa shape index (κ1) is 21.9. The van der Waals surface area contributed by atoms with E-state index in [0.29, 0.717) is 5.75 Å². The lowest BCUT2D eigenvalue weighted by molar-refractivity contribution is -0.186. The Balaban J connectivity index is 1.70. The second kappa shape index (κ2) is 8.52. The van der Waals surface area contributed by atoms with Crippen LogP contribution in [0.1, 0.15) is 13.8 Å². The van der Waals surface area contributed by atoms with Crippen molar-refractivity contribution in [1.29, 1.82) is 0 Å². The normalized spacial score (nSPS) is 28.2. The van der Waals surface area contributed by atoms with Gasteiger partial charge in [-0.15, -0.1) is 11.8 Å². The highest BCUT2D eigenvalue weighted by atomic mass is 32.2. The standard InChI is InChI=1S/C19H22N2O8S/c1-10(22)29-18(27-3)19(2)14(17(25)26)21-15(24)13(16(21)30-19)20-12(23)9-28-11-7-5-4-6-8-11/h4-8,13-14,16,18H,9H2,1-3H3,(H,20,23)(H,25,26)/t13-,14+,16-,18+,19-/m1/s1. The van der Waals surface area contributed by atoms with Gasteiger partial charge in [-0.3, -0.25) is 14.4 Å². The van der Waals surface area contributed by atoms with Crippen molar-refractivity contribution in [2.45, 2.75) is 42.3 Å². The molecule has 2 saturated heterocycles. The number of amides is 2. The van der Waals surface area contributed by atoms with E-state index in [1.54, 1.807) is 31.2 Å². The zero-order chi connectivity index (χ0) is 22.1. The number of β-lactam (4-membered cyclic amide) rings is 1. The van der Waals surface area contributed by atoms with Gasteiger partial charge in [0.2, 0.25) is 12.2 Å². The lowest BCUT2D eigenvalue weighted by Crippen LogP contribution is -2.71. The summed E-state index contributed by atoms with van der Waals surface area (Å²) in [4.78, 5) is 49.4. The molecule has 2 aliphatic rings. The van der Waals surface area contributed by atoms with Crippen molar-refractivity contribution < 1.29 is 38.5 Å². The van der Waals surface area contributed by atoms with Crippen molar-refractivity contribution in [2.24, 2.45) is 0 Å². The van der Waals surface area contributed by atoms with Crippen molar-refractivity contribution in [3.8, 4) is 5.75 Å². The molecule has 2 N–H and O–H groups in total. The third kappa shape index (κ3) is 3.94. The fraction of sp³-hybridized carbons (Fsp3) is 0.474. The van der Waals surface area contributed by atoms with Gasteiger partial charge < -0.3 is 29.5 Å². The third-order valence-electron chi connectivity index (χ3n) is 4.89. The van der Waals surface area contributed by atoms with Crippen LogP contribution in [0.5, 0.6) is 5.75 Å². The Hall–Kier alpha value is -2.79. The number of ether oxygens (including phenoxy) is 3. The Morgan fingerprint density at radius 3 is 2.53 bits per heavy atom. The number of aliphatic carboxylic acids is 1. The van der Waals surface area contributed by atoms with Crippen LogP contribution < -0.4 is 10.1 Å². The van der Waals surface area contributed by atoms with Crippen LogP contribution in [0.15, 0.2) is 30.3 Å². The molecule has 5 atom stereocenters. The number of nitrogens with zero attached hydrogens (tertiary/aromatic N) is 1. The summed E-state index contributed by atoms with van der Waals surface area (Å²) in [6.45, 7) is 2.44. The number of nitrogens with one attached hydrogen (secondary N) is 1. The zero-order valence-corrected chi connectivity index (χ0v) is 17.4. The molecule has 0 radical (unpaired) electrons. The molecule has 1 aromatic rings. The molecule has 2 aliphatic heterocycles. The number of para-hydroxylation sites is 1. The smallest absolute Gasteiger partial charge is 0.328 e. The largest absolute Gasteiger partial charge is 0.484 e. The molecule has 10 nitrogen and oxygen atoms in total. The fourth-order valence-corrected chi connectivity index (χ4v) is 5.38. The second-order valence-electron chi connectivity index (χ2n) is 7.00. The highest BCUT2D eigenvalue weighted by Gasteiger charge is 2.68. The van der Waals surface area contributed by atoms with Crippen molar-refractivity contribution in [2.75, 3.05) is 13.7 Å². The molecule has 0 bridgehead atoms. The minimum absolute atomic E-state index is 0.293. The van der Waals surface area contributed by atoms with E-state index >= 15 is 0 Å². The Morgan fingerprint density at radius 1 is 1.30 bits per heavy atom. The van der Waals surface area contributed by atoms with E-state index in [4.69, 9.17) is 14.2 Å². The Bertz CT molecular complexity index is 850. The predicted molar refractivity (Wildman–Crippen MR) is 104 cm³/mol. The Labute approximate surface area is 176 Å². The van der Waals surface area contributed by atoms with E-state index in [0.717, 1.165) is 11.8 Å². The number of rotatable bonds is 8. The van der Waals surface area contributed by atoms with Gasteiger partial charge in [-0.25, -0.2) is 4.79 Å². The van der Waals surface area contributed by atoms with Crippen molar-refractivity contribution >= 4 is 35.5 Å². The first-order chi connectivity index (χ1) is 14.2. The molecular weight excluding hydrogens is 416 g/mol. The number of benzene rings is 1. The van der Waals surface area contributed by atoms with E-state index in [-0.39, 0.29) is 6.61 Å². The monoisotopic (exact) mass is 438 g/mol. The number of carbonyl (C=O) groups is 4. The van der Waals surface area contributed by atoms with E-state index in [2.05, 4.69) is 5.32 Å². The van der Waals surface area contributed by atoms with Gasteiger partial charge in [0.25, 0.3) is 5.91 Å². The van der Waals surface area contributed by atoms with Gasteiger partial charge >= 0.3 is 11.9 Å². The maximum Gasteiger partial charge on any atom is 0.328 e. The topological polar surface area (TPSA) is 131 Å². The van der Waals surface area contributed by atoms with E-state index in [9.17, 15) is 24.3 Å². The molecule has 0 unspecified atom stereocenters.